The first-order valence-corrected chi connectivity index (χ1v) is 6.41. The molecule has 0 saturated heterocycles. The Balaban J connectivity index is 0.00000144. The molecule has 0 atom stereocenters. The minimum absolute atomic E-state index is 0. The van der Waals surface area contributed by atoms with Crippen molar-refractivity contribution in [1.82, 2.24) is 0 Å². The first-order valence-electron chi connectivity index (χ1n) is 5.00. The molecule has 2 aromatic rings. The Morgan fingerprint density at radius 2 is 1.82 bits per heavy atom. The van der Waals surface area contributed by atoms with Crippen LogP contribution >= 0.6 is 0 Å². The Morgan fingerprint density at radius 3 is 2.41 bits per heavy atom. The van der Waals surface area contributed by atoms with Gasteiger partial charge in [0, 0.05) is 0 Å². The van der Waals surface area contributed by atoms with Gasteiger partial charge >= 0.3 is 29.6 Å². The molecule has 3 nitrogen and oxygen atoms in total. The number of rotatable bonds is 2. The number of hydrogen-bond acceptors (Lipinski definition) is 3. The molecule has 0 unspecified atom stereocenters. The molecule has 0 bridgehead atoms. The summed E-state index contributed by atoms with van der Waals surface area (Å²) < 4.78 is 33.0. The summed E-state index contributed by atoms with van der Waals surface area (Å²) in [4.78, 5) is -0.150. The van der Waals surface area contributed by atoms with Crippen molar-refractivity contribution >= 4 is 20.9 Å². The first-order chi connectivity index (χ1) is 7.52. The van der Waals surface area contributed by atoms with Crippen molar-refractivity contribution in [3.63, 3.8) is 0 Å². The van der Waals surface area contributed by atoms with Crippen molar-refractivity contribution < 1.29 is 42.5 Å². The van der Waals surface area contributed by atoms with E-state index in [4.69, 9.17) is 0 Å². The Kier molecular flexibility index (Phi) is 4.75. The second-order valence-corrected chi connectivity index (χ2v) is 4.99. The number of fused-ring (bicyclic) bond motifs is 1. The minimum Gasteiger partial charge on any atom is -0.744 e. The van der Waals surface area contributed by atoms with Crippen LogP contribution in [-0.2, 0) is 16.5 Å². The molecule has 84 valence electrons. The maximum Gasteiger partial charge on any atom is 1.00 e. The molecule has 2 aromatic carbocycles. The van der Waals surface area contributed by atoms with Crippen LogP contribution in [0, 0.1) is 0 Å². The molecule has 0 saturated carbocycles. The van der Waals surface area contributed by atoms with Gasteiger partial charge in [0.15, 0.2) is 0 Å². The normalized spacial score (nSPS) is 11.2. The van der Waals surface area contributed by atoms with Gasteiger partial charge in [0.1, 0.15) is 10.1 Å². The molecule has 0 spiro atoms. The van der Waals surface area contributed by atoms with Gasteiger partial charge in [0.2, 0.25) is 0 Å². The van der Waals surface area contributed by atoms with Crippen LogP contribution in [0.3, 0.4) is 0 Å². The number of aryl methyl sites for hydroxylation is 1. The van der Waals surface area contributed by atoms with Gasteiger partial charge in [0.05, 0.1) is 4.90 Å². The van der Waals surface area contributed by atoms with Gasteiger partial charge in [-0.15, -0.1) is 0 Å². The summed E-state index contributed by atoms with van der Waals surface area (Å²) in [6.45, 7) is 1.93. The van der Waals surface area contributed by atoms with Crippen LogP contribution in [0.25, 0.3) is 10.8 Å². The van der Waals surface area contributed by atoms with Crippen LogP contribution in [0.4, 0.5) is 0 Å². The molecule has 0 aliphatic rings. The summed E-state index contributed by atoms with van der Waals surface area (Å²) in [6.07, 6.45) is 0.698. The Hall–Kier alpha value is -0.390. The quantitative estimate of drug-likeness (QED) is 0.529. The fourth-order valence-corrected chi connectivity index (χ4v) is 2.35. The zero-order valence-electron chi connectivity index (χ0n) is 9.80. The van der Waals surface area contributed by atoms with E-state index in [1.807, 2.05) is 31.2 Å². The molecule has 2 rings (SSSR count). The molecule has 0 N–H and O–H groups in total. The van der Waals surface area contributed by atoms with Gasteiger partial charge in [-0.1, -0.05) is 31.2 Å². The predicted octanol–water partition coefficient (Wildman–Crippen LogP) is -0.690. The van der Waals surface area contributed by atoms with E-state index in [0.29, 0.717) is 6.42 Å². The Bertz CT molecular complexity index is 635. The van der Waals surface area contributed by atoms with E-state index in [1.165, 1.54) is 12.1 Å². The summed E-state index contributed by atoms with van der Waals surface area (Å²) >= 11 is 0. The standard InChI is InChI=1S/C12H12O3S.Na/c1-2-9-7-11(16(13,14)15)8-10-5-3-4-6-12(9)10;/h3-8H,2H2,1H3,(H,13,14,15);/q;+1/p-1. The van der Waals surface area contributed by atoms with E-state index < -0.39 is 10.1 Å². The Labute approximate surface area is 123 Å². The molecule has 5 heteroatoms. The van der Waals surface area contributed by atoms with Crippen LogP contribution in [0.1, 0.15) is 12.5 Å². The van der Waals surface area contributed by atoms with Crippen LogP contribution in [0.15, 0.2) is 41.3 Å². The molecule has 0 aliphatic heterocycles. The van der Waals surface area contributed by atoms with Gasteiger partial charge in [0.25, 0.3) is 0 Å². The van der Waals surface area contributed by atoms with E-state index in [-0.39, 0.29) is 34.5 Å². The van der Waals surface area contributed by atoms with Crippen molar-refractivity contribution in [2.75, 3.05) is 0 Å². The van der Waals surface area contributed by atoms with Crippen LogP contribution in [-0.4, -0.2) is 13.0 Å². The molecule has 0 amide bonds. The molecule has 0 aliphatic carbocycles. The summed E-state index contributed by atoms with van der Waals surface area (Å²) in [5.74, 6) is 0. The second kappa shape index (κ2) is 5.50. The predicted molar refractivity (Wildman–Crippen MR) is 61.3 cm³/mol. The van der Waals surface area contributed by atoms with Gasteiger partial charge < -0.3 is 4.55 Å². The van der Waals surface area contributed by atoms with E-state index in [2.05, 4.69) is 0 Å². The molecule has 0 heterocycles. The van der Waals surface area contributed by atoms with Crippen molar-refractivity contribution in [3.8, 4) is 0 Å². The third kappa shape index (κ3) is 3.09. The monoisotopic (exact) mass is 258 g/mol. The van der Waals surface area contributed by atoms with E-state index in [1.54, 1.807) is 0 Å². The fourth-order valence-electron chi connectivity index (χ4n) is 1.80. The minimum atomic E-state index is -4.38. The Morgan fingerprint density at radius 1 is 1.18 bits per heavy atom. The molecule has 17 heavy (non-hydrogen) atoms. The van der Waals surface area contributed by atoms with Gasteiger partial charge in [-0.2, -0.15) is 0 Å². The topological polar surface area (TPSA) is 57.2 Å². The molecule has 0 fully saturated rings. The van der Waals surface area contributed by atoms with Crippen LogP contribution in [0.2, 0.25) is 0 Å². The maximum atomic E-state index is 11.0. The maximum absolute atomic E-state index is 11.0. The van der Waals surface area contributed by atoms with Gasteiger partial charge in [-0.25, -0.2) is 8.42 Å². The molecular weight excluding hydrogens is 247 g/mol. The smallest absolute Gasteiger partial charge is 0.744 e. The average molecular weight is 258 g/mol. The number of hydrogen-bond donors (Lipinski definition) is 0. The largest absolute Gasteiger partial charge is 1.00 e. The fraction of sp³-hybridized carbons (Fsp3) is 0.167. The second-order valence-electron chi connectivity index (χ2n) is 3.61. The third-order valence-corrected chi connectivity index (χ3v) is 3.40. The zero-order valence-corrected chi connectivity index (χ0v) is 12.6. The van der Waals surface area contributed by atoms with Gasteiger partial charge in [-0.3, -0.25) is 0 Å². The zero-order chi connectivity index (χ0) is 11.8. The van der Waals surface area contributed by atoms with Crippen molar-refractivity contribution in [1.29, 1.82) is 0 Å². The van der Waals surface area contributed by atoms with Gasteiger partial charge in [-0.05, 0) is 34.9 Å². The molecule has 0 aromatic heterocycles. The number of benzene rings is 2. The van der Waals surface area contributed by atoms with Crippen LogP contribution < -0.4 is 29.6 Å². The SMILES string of the molecule is CCc1cc(S(=O)(=O)[O-])cc2ccccc12.[Na+]. The summed E-state index contributed by atoms with van der Waals surface area (Å²) in [7, 11) is -4.38. The summed E-state index contributed by atoms with van der Waals surface area (Å²) in [6, 6.07) is 10.3. The van der Waals surface area contributed by atoms with Crippen LogP contribution in [0.5, 0.6) is 0 Å². The van der Waals surface area contributed by atoms with E-state index in [0.717, 1.165) is 16.3 Å². The first kappa shape index (κ1) is 14.7. The summed E-state index contributed by atoms with van der Waals surface area (Å²) in [5.41, 5.74) is 0.882. The molecular formula is C12H11NaO3S. The van der Waals surface area contributed by atoms with Crippen molar-refractivity contribution in [3.05, 3.63) is 42.0 Å². The van der Waals surface area contributed by atoms with Crippen molar-refractivity contribution in [2.45, 2.75) is 18.2 Å². The molecule has 0 radical (unpaired) electrons. The van der Waals surface area contributed by atoms with Crippen molar-refractivity contribution in [2.24, 2.45) is 0 Å². The van der Waals surface area contributed by atoms with E-state index in [9.17, 15) is 13.0 Å². The average Bonchev–Trinajstić information content (AvgIpc) is 2.26. The third-order valence-electron chi connectivity index (χ3n) is 2.59. The van der Waals surface area contributed by atoms with E-state index >= 15 is 0 Å². The summed E-state index contributed by atoms with van der Waals surface area (Å²) in [5, 5.41) is 1.79.